The van der Waals surface area contributed by atoms with Crippen molar-refractivity contribution in [2.75, 3.05) is 19.0 Å². The summed E-state index contributed by atoms with van der Waals surface area (Å²) in [6.07, 6.45) is 6.40. The fraction of sp³-hybridized carbons (Fsp3) is 0.267. The lowest BCUT2D eigenvalue weighted by molar-refractivity contribution is -0.144. The molecule has 0 saturated carbocycles. The molecule has 0 fully saturated rings. The van der Waals surface area contributed by atoms with Gasteiger partial charge in [-0.2, -0.15) is 5.48 Å². The number of allylic oxidation sites excluding steroid dienone is 1. The van der Waals surface area contributed by atoms with Gasteiger partial charge in [0.2, 0.25) is 0 Å². The Hall–Kier alpha value is -4.54. The number of nitrogens with two attached hydrogens (primary N) is 1. The summed E-state index contributed by atoms with van der Waals surface area (Å²) in [5, 5.41) is 22.8. The van der Waals surface area contributed by atoms with Crippen LogP contribution in [0.5, 0.6) is 0 Å². The van der Waals surface area contributed by atoms with Crippen LogP contribution in [0.3, 0.4) is 0 Å². The van der Waals surface area contributed by atoms with Crippen molar-refractivity contribution in [3.05, 3.63) is 101 Å². The summed E-state index contributed by atoms with van der Waals surface area (Å²) in [5.41, 5.74) is 10.3. The number of benzene rings is 2. The van der Waals surface area contributed by atoms with Crippen LogP contribution in [0, 0.1) is 17.2 Å². The third-order valence-electron chi connectivity index (χ3n) is 6.50. The highest BCUT2D eigenvalue weighted by atomic mass is 16.5. The molecule has 2 aromatic carbocycles. The van der Waals surface area contributed by atoms with Gasteiger partial charge in [0.1, 0.15) is 5.84 Å². The van der Waals surface area contributed by atoms with Gasteiger partial charge >= 0.3 is 5.97 Å². The molecule has 10 heteroatoms. The van der Waals surface area contributed by atoms with Crippen LogP contribution >= 0.6 is 0 Å². The summed E-state index contributed by atoms with van der Waals surface area (Å²) in [5.74, 6) is -2.64. The third kappa shape index (κ3) is 7.10. The van der Waals surface area contributed by atoms with Crippen molar-refractivity contribution in [1.82, 2.24) is 10.8 Å². The standard InChI is InChI=1S/C30H35N5O5/c1-5-26(35-39)19-8-12-22(24(14-19)29(37)34-21-10-6-18(7-11-21)27(31)32)23-13-9-20(15-25(23)30(38)40-4)28(36)33-16-17(2)3/h5-15,17,23,25-26,35,39H,1,16H2,2-4H3,(H3,31,32)(H,33,36)(H,34,37). The van der Waals surface area contributed by atoms with E-state index >= 15 is 0 Å². The Balaban J connectivity index is 2.03. The van der Waals surface area contributed by atoms with E-state index in [0.717, 1.165) is 0 Å². The fourth-order valence-corrected chi connectivity index (χ4v) is 4.33. The van der Waals surface area contributed by atoms with E-state index in [2.05, 4.69) is 22.7 Å². The number of esters is 1. The van der Waals surface area contributed by atoms with E-state index in [-0.39, 0.29) is 23.2 Å². The summed E-state index contributed by atoms with van der Waals surface area (Å²) in [7, 11) is 1.27. The fourth-order valence-electron chi connectivity index (χ4n) is 4.33. The number of nitrogen functional groups attached to an aromatic ring is 1. The number of hydrogen-bond donors (Lipinski definition) is 6. The minimum atomic E-state index is -0.867. The molecular formula is C30H35N5O5. The maximum atomic E-state index is 13.6. The monoisotopic (exact) mass is 545 g/mol. The Morgan fingerprint density at radius 1 is 1.15 bits per heavy atom. The van der Waals surface area contributed by atoms with Gasteiger partial charge in [0.15, 0.2) is 0 Å². The van der Waals surface area contributed by atoms with Crippen molar-refractivity contribution in [2.24, 2.45) is 17.6 Å². The Bertz CT molecular complexity index is 1350. The molecule has 0 aliphatic heterocycles. The molecule has 40 heavy (non-hydrogen) atoms. The quantitative estimate of drug-likeness (QED) is 0.0825. The van der Waals surface area contributed by atoms with Gasteiger partial charge in [-0.25, -0.2) is 0 Å². The molecule has 0 radical (unpaired) electrons. The number of amidine groups is 1. The van der Waals surface area contributed by atoms with Crippen molar-refractivity contribution in [1.29, 1.82) is 5.41 Å². The summed E-state index contributed by atoms with van der Waals surface area (Å²) in [4.78, 5) is 39.2. The van der Waals surface area contributed by atoms with Gasteiger partial charge in [-0.3, -0.25) is 19.8 Å². The van der Waals surface area contributed by atoms with E-state index in [1.165, 1.54) is 13.2 Å². The minimum absolute atomic E-state index is 0.0944. The van der Waals surface area contributed by atoms with E-state index < -0.39 is 29.8 Å². The van der Waals surface area contributed by atoms with Crippen molar-refractivity contribution in [3.8, 4) is 0 Å². The number of rotatable bonds is 11. The first-order chi connectivity index (χ1) is 19.1. The first kappa shape index (κ1) is 30.0. The van der Waals surface area contributed by atoms with Crippen LogP contribution < -0.4 is 21.8 Å². The molecule has 3 rings (SSSR count). The van der Waals surface area contributed by atoms with E-state index in [4.69, 9.17) is 15.9 Å². The predicted octanol–water partition coefficient (Wildman–Crippen LogP) is 3.57. The number of hydrogen-bond acceptors (Lipinski definition) is 7. The van der Waals surface area contributed by atoms with Gasteiger partial charge in [0.25, 0.3) is 11.8 Å². The number of hydroxylamine groups is 1. The van der Waals surface area contributed by atoms with E-state index in [1.807, 2.05) is 13.8 Å². The lowest BCUT2D eigenvalue weighted by Crippen LogP contribution is -2.31. The number of nitrogens with one attached hydrogen (secondary N) is 4. The van der Waals surface area contributed by atoms with Crippen LogP contribution in [0.15, 0.2) is 78.9 Å². The highest BCUT2D eigenvalue weighted by Crippen LogP contribution is 2.36. The largest absolute Gasteiger partial charge is 0.469 e. The minimum Gasteiger partial charge on any atom is -0.469 e. The Labute approximate surface area is 233 Å². The SMILES string of the molecule is C=CC(NO)c1ccc(C2C=CC(C(=O)NCC(C)C)=CC2C(=O)OC)c(C(=O)Nc2ccc(C(=N)N)cc2)c1. The molecule has 2 amide bonds. The molecule has 1 aliphatic rings. The van der Waals surface area contributed by atoms with Gasteiger partial charge in [-0.15, -0.1) is 6.58 Å². The molecule has 0 spiro atoms. The Morgan fingerprint density at radius 3 is 2.42 bits per heavy atom. The zero-order valence-corrected chi connectivity index (χ0v) is 22.7. The van der Waals surface area contributed by atoms with Crippen LogP contribution in [-0.2, 0) is 14.3 Å². The molecule has 3 atom stereocenters. The van der Waals surface area contributed by atoms with E-state index in [1.54, 1.807) is 60.7 Å². The van der Waals surface area contributed by atoms with Crippen molar-refractivity contribution < 1.29 is 24.3 Å². The lowest BCUT2D eigenvalue weighted by Gasteiger charge is -2.27. The van der Waals surface area contributed by atoms with Gasteiger partial charge < -0.3 is 26.3 Å². The average Bonchev–Trinajstić information content (AvgIpc) is 2.96. The zero-order chi connectivity index (χ0) is 29.4. The topological polar surface area (TPSA) is 167 Å². The summed E-state index contributed by atoms with van der Waals surface area (Å²) in [6, 6.07) is 10.9. The van der Waals surface area contributed by atoms with Crippen LogP contribution in [0.25, 0.3) is 0 Å². The van der Waals surface area contributed by atoms with Gasteiger partial charge in [0.05, 0.1) is 19.1 Å². The third-order valence-corrected chi connectivity index (χ3v) is 6.50. The van der Waals surface area contributed by atoms with Crippen LogP contribution in [0.2, 0.25) is 0 Å². The normalized spacial score (nSPS) is 17.0. The second-order valence-corrected chi connectivity index (χ2v) is 9.79. The second kappa shape index (κ2) is 13.5. The summed E-state index contributed by atoms with van der Waals surface area (Å²) < 4.78 is 5.06. The first-order valence-electron chi connectivity index (χ1n) is 12.8. The Kier molecular flexibility index (Phi) is 10.1. The van der Waals surface area contributed by atoms with Crippen molar-refractivity contribution >= 4 is 29.3 Å². The second-order valence-electron chi connectivity index (χ2n) is 9.79. The molecular weight excluding hydrogens is 510 g/mol. The molecule has 1 aliphatic carbocycles. The lowest BCUT2D eigenvalue weighted by atomic mass is 9.78. The number of anilines is 1. The number of amides is 2. The summed E-state index contributed by atoms with van der Waals surface area (Å²) >= 11 is 0. The number of carbonyl (C=O) groups excluding carboxylic acids is 3. The Morgan fingerprint density at radius 2 is 1.85 bits per heavy atom. The number of methoxy groups -OCH3 is 1. The maximum Gasteiger partial charge on any atom is 0.313 e. The molecule has 0 aromatic heterocycles. The molecule has 2 aromatic rings. The van der Waals surface area contributed by atoms with Crippen molar-refractivity contribution in [3.63, 3.8) is 0 Å². The highest BCUT2D eigenvalue weighted by Gasteiger charge is 2.33. The smallest absolute Gasteiger partial charge is 0.313 e. The molecule has 7 N–H and O–H groups in total. The van der Waals surface area contributed by atoms with E-state index in [9.17, 15) is 19.6 Å². The van der Waals surface area contributed by atoms with Crippen LogP contribution in [0.4, 0.5) is 5.69 Å². The molecule has 0 bridgehead atoms. The summed E-state index contributed by atoms with van der Waals surface area (Å²) in [6.45, 7) is 8.16. The molecule has 10 nitrogen and oxygen atoms in total. The molecule has 210 valence electrons. The van der Waals surface area contributed by atoms with Gasteiger partial charge in [0, 0.05) is 34.9 Å². The van der Waals surface area contributed by atoms with E-state index in [0.29, 0.717) is 34.5 Å². The molecule has 3 unspecified atom stereocenters. The highest BCUT2D eigenvalue weighted by molar-refractivity contribution is 6.06. The van der Waals surface area contributed by atoms with Gasteiger partial charge in [-0.05, 0) is 47.4 Å². The van der Waals surface area contributed by atoms with Crippen LogP contribution in [-0.4, -0.2) is 42.5 Å². The molecule has 0 heterocycles. The van der Waals surface area contributed by atoms with Crippen LogP contribution in [0.1, 0.15) is 52.9 Å². The van der Waals surface area contributed by atoms with Crippen molar-refractivity contribution in [2.45, 2.75) is 25.8 Å². The van der Waals surface area contributed by atoms with Gasteiger partial charge in [-0.1, -0.05) is 50.3 Å². The number of ether oxygens (including phenoxy) is 1. The zero-order valence-electron chi connectivity index (χ0n) is 22.7. The average molecular weight is 546 g/mol. The first-order valence-corrected chi connectivity index (χ1v) is 12.8. The maximum absolute atomic E-state index is 13.6. The number of carbonyl (C=O) groups is 3. The molecule has 0 saturated heterocycles. The predicted molar refractivity (Wildman–Crippen MR) is 153 cm³/mol.